The van der Waals surface area contributed by atoms with Crippen molar-refractivity contribution in [3.05, 3.63) is 0 Å². The molecule has 0 amide bonds. The Labute approximate surface area is 117 Å². The van der Waals surface area contributed by atoms with Gasteiger partial charge >= 0.3 is 5.97 Å². The fourth-order valence-electron chi connectivity index (χ4n) is 2.50. The van der Waals surface area contributed by atoms with E-state index < -0.39 is 0 Å². The van der Waals surface area contributed by atoms with Crippen LogP contribution in [-0.4, -0.2) is 74.7 Å². The van der Waals surface area contributed by atoms with Gasteiger partial charge in [-0.05, 0) is 19.9 Å². The standard InChI is InChI=1S/C14H29N3O2/c1-11(2)13(10-15-12(3)14(18)19-5)17-8-6-16(4)7-9-17/h11-13,15H,6-10H2,1-5H3. The Morgan fingerprint density at radius 2 is 1.79 bits per heavy atom. The fraction of sp³-hybridized carbons (Fsp3) is 0.929. The Kier molecular flexibility index (Phi) is 6.75. The second-order valence-corrected chi connectivity index (χ2v) is 5.80. The average Bonchev–Trinajstić information content (AvgIpc) is 2.39. The van der Waals surface area contributed by atoms with E-state index in [9.17, 15) is 4.79 Å². The summed E-state index contributed by atoms with van der Waals surface area (Å²) in [6, 6.07) is 0.236. The van der Waals surface area contributed by atoms with E-state index in [1.54, 1.807) is 0 Å². The molecule has 112 valence electrons. The summed E-state index contributed by atoms with van der Waals surface area (Å²) in [5.74, 6) is 0.377. The summed E-state index contributed by atoms with van der Waals surface area (Å²) in [4.78, 5) is 16.3. The Balaban J connectivity index is 2.47. The number of ether oxygens (including phenoxy) is 1. The first kappa shape index (κ1) is 16.4. The maximum absolute atomic E-state index is 11.4. The number of rotatable bonds is 6. The predicted octanol–water partition coefficient (Wildman–Crippen LogP) is 0.410. The number of piperazine rings is 1. The first-order chi connectivity index (χ1) is 8.95. The van der Waals surface area contributed by atoms with Crippen LogP contribution in [0.5, 0.6) is 0 Å². The van der Waals surface area contributed by atoms with Gasteiger partial charge in [-0.15, -0.1) is 0 Å². The smallest absolute Gasteiger partial charge is 0.322 e. The van der Waals surface area contributed by atoms with Crippen molar-refractivity contribution in [2.75, 3.05) is 46.9 Å². The molecule has 1 heterocycles. The number of likely N-dealkylation sites (N-methyl/N-ethyl adjacent to an activating group) is 1. The summed E-state index contributed by atoms with van der Waals surface area (Å²) in [6.45, 7) is 11.6. The largest absolute Gasteiger partial charge is 0.468 e. The Hall–Kier alpha value is -0.650. The first-order valence-corrected chi connectivity index (χ1v) is 7.19. The number of nitrogens with one attached hydrogen (secondary N) is 1. The van der Waals surface area contributed by atoms with Gasteiger partial charge in [0.15, 0.2) is 0 Å². The number of hydrogen-bond donors (Lipinski definition) is 1. The molecule has 1 fully saturated rings. The lowest BCUT2D eigenvalue weighted by atomic mass is 10.0. The van der Waals surface area contributed by atoms with Gasteiger partial charge in [0, 0.05) is 38.8 Å². The number of carbonyl (C=O) groups excluding carboxylic acids is 1. The lowest BCUT2D eigenvalue weighted by molar-refractivity contribution is -0.142. The molecule has 1 saturated heterocycles. The molecule has 1 rings (SSSR count). The van der Waals surface area contributed by atoms with Crippen LogP contribution in [0.15, 0.2) is 0 Å². The minimum Gasteiger partial charge on any atom is -0.468 e. The minimum atomic E-state index is -0.237. The van der Waals surface area contributed by atoms with E-state index in [1.807, 2.05) is 6.92 Å². The van der Waals surface area contributed by atoms with Crippen molar-refractivity contribution in [1.82, 2.24) is 15.1 Å². The molecule has 1 N–H and O–H groups in total. The Bertz CT molecular complexity index is 276. The zero-order chi connectivity index (χ0) is 14.4. The quantitative estimate of drug-likeness (QED) is 0.709. The molecule has 1 aliphatic rings. The molecule has 0 aromatic rings. The van der Waals surface area contributed by atoms with E-state index in [0.717, 1.165) is 32.7 Å². The Morgan fingerprint density at radius 3 is 2.26 bits per heavy atom. The molecule has 5 heteroatoms. The number of hydrogen-bond acceptors (Lipinski definition) is 5. The van der Waals surface area contributed by atoms with Crippen molar-refractivity contribution in [1.29, 1.82) is 0 Å². The second-order valence-electron chi connectivity index (χ2n) is 5.80. The van der Waals surface area contributed by atoms with Crippen molar-refractivity contribution in [2.24, 2.45) is 5.92 Å². The third-order valence-electron chi connectivity index (χ3n) is 3.96. The Morgan fingerprint density at radius 1 is 1.21 bits per heavy atom. The van der Waals surface area contributed by atoms with Crippen molar-refractivity contribution in [3.8, 4) is 0 Å². The highest BCUT2D eigenvalue weighted by Gasteiger charge is 2.25. The molecule has 0 aromatic heterocycles. The molecule has 0 spiro atoms. The molecule has 0 saturated carbocycles. The number of esters is 1. The molecular formula is C14H29N3O2. The van der Waals surface area contributed by atoms with Crippen LogP contribution in [0.3, 0.4) is 0 Å². The van der Waals surface area contributed by atoms with Crippen LogP contribution in [-0.2, 0) is 9.53 Å². The molecule has 0 radical (unpaired) electrons. The lowest BCUT2D eigenvalue weighted by Crippen LogP contribution is -2.55. The van der Waals surface area contributed by atoms with E-state index in [2.05, 4.69) is 36.0 Å². The lowest BCUT2D eigenvalue weighted by Gasteiger charge is -2.40. The summed E-state index contributed by atoms with van der Waals surface area (Å²) >= 11 is 0. The maximum atomic E-state index is 11.4. The van der Waals surface area contributed by atoms with Gasteiger partial charge in [-0.1, -0.05) is 13.8 Å². The van der Waals surface area contributed by atoms with Crippen LogP contribution in [0.25, 0.3) is 0 Å². The van der Waals surface area contributed by atoms with E-state index in [0.29, 0.717) is 12.0 Å². The highest BCUT2D eigenvalue weighted by atomic mass is 16.5. The van der Waals surface area contributed by atoms with Crippen LogP contribution < -0.4 is 5.32 Å². The predicted molar refractivity (Wildman–Crippen MR) is 77.2 cm³/mol. The number of carbonyl (C=O) groups is 1. The zero-order valence-electron chi connectivity index (χ0n) is 13.0. The maximum Gasteiger partial charge on any atom is 0.322 e. The molecule has 2 unspecified atom stereocenters. The monoisotopic (exact) mass is 271 g/mol. The summed E-state index contributed by atoms with van der Waals surface area (Å²) in [5.41, 5.74) is 0. The molecule has 2 atom stereocenters. The normalized spacial score (nSPS) is 21.4. The second kappa shape index (κ2) is 7.82. The molecular weight excluding hydrogens is 242 g/mol. The van der Waals surface area contributed by atoms with Gasteiger partial charge in [-0.25, -0.2) is 0 Å². The number of nitrogens with zero attached hydrogens (tertiary/aromatic N) is 2. The van der Waals surface area contributed by atoms with Crippen molar-refractivity contribution < 1.29 is 9.53 Å². The SMILES string of the molecule is COC(=O)C(C)NCC(C(C)C)N1CCN(C)CC1. The topological polar surface area (TPSA) is 44.8 Å². The highest BCUT2D eigenvalue weighted by Crippen LogP contribution is 2.13. The summed E-state index contributed by atoms with van der Waals surface area (Å²) in [5, 5.41) is 3.29. The molecule has 0 aromatic carbocycles. The summed E-state index contributed by atoms with van der Waals surface area (Å²) in [6.07, 6.45) is 0. The van der Waals surface area contributed by atoms with E-state index >= 15 is 0 Å². The van der Waals surface area contributed by atoms with E-state index in [1.165, 1.54) is 7.11 Å². The van der Waals surface area contributed by atoms with Gasteiger partial charge in [-0.2, -0.15) is 0 Å². The van der Waals surface area contributed by atoms with Crippen LogP contribution in [0.4, 0.5) is 0 Å². The van der Waals surface area contributed by atoms with Crippen molar-refractivity contribution >= 4 is 5.97 Å². The van der Waals surface area contributed by atoms with Crippen molar-refractivity contribution in [3.63, 3.8) is 0 Å². The van der Waals surface area contributed by atoms with Gasteiger partial charge in [-0.3, -0.25) is 9.69 Å². The molecule has 0 bridgehead atoms. The van der Waals surface area contributed by atoms with Crippen molar-refractivity contribution in [2.45, 2.75) is 32.9 Å². The van der Waals surface area contributed by atoms with Gasteiger partial charge in [0.25, 0.3) is 0 Å². The van der Waals surface area contributed by atoms with Gasteiger partial charge in [0.05, 0.1) is 7.11 Å². The van der Waals surface area contributed by atoms with Crippen LogP contribution in [0.2, 0.25) is 0 Å². The van der Waals surface area contributed by atoms with Crippen LogP contribution in [0, 0.1) is 5.92 Å². The molecule has 5 nitrogen and oxygen atoms in total. The molecule has 0 aliphatic carbocycles. The van der Waals surface area contributed by atoms with Gasteiger partial charge in [0.1, 0.15) is 6.04 Å². The third-order valence-corrected chi connectivity index (χ3v) is 3.96. The average molecular weight is 271 g/mol. The zero-order valence-corrected chi connectivity index (χ0v) is 13.0. The number of methoxy groups -OCH3 is 1. The van der Waals surface area contributed by atoms with Crippen LogP contribution in [0.1, 0.15) is 20.8 Å². The molecule has 19 heavy (non-hydrogen) atoms. The third kappa shape index (κ3) is 5.09. The van der Waals surface area contributed by atoms with Gasteiger partial charge in [0.2, 0.25) is 0 Å². The minimum absolute atomic E-state index is 0.194. The molecule has 1 aliphatic heterocycles. The van der Waals surface area contributed by atoms with Gasteiger partial charge < -0.3 is 15.0 Å². The van der Waals surface area contributed by atoms with Crippen LogP contribution >= 0.6 is 0 Å². The summed E-state index contributed by atoms with van der Waals surface area (Å²) < 4.78 is 4.74. The highest BCUT2D eigenvalue weighted by molar-refractivity contribution is 5.75. The van der Waals surface area contributed by atoms with E-state index in [-0.39, 0.29) is 12.0 Å². The van der Waals surface area contributed by atoms with E-state index in [4.69, 9.17) is 4.74 Å². The first-order valence-electron chi connectivity index (χ1n) is 7.19. The summed E-state index contributed by atoms with van der Waals surface area (Å²) in [7, 11) is 3.60. The fourth-order valence-corrected chi connectivity index (χ4v) is 2.50.